The molecule has 3 rings (SSSR count). The highest BCUT2D eigenvalue weighted by Gasteiger charge is 2.17. The van der Waals surface area contributed by atoms with Gasteiger partial charge in [0.25, 0.3) is 0 Å². The van der Waals surface area contributed by atoms with Crippen LogP contribution in [0.4, 0.5) is 0 Å². The molecule has 0 bridgehead atoms. The van der Waals surface area contributed by atoms with E-state index in [0.29, 0.717) is 5.56 Å². The molecule has 0 spiro atoms. The molecule has 2 heterocycles. The Morgan fingerprint density at radius 2 is 1.90 bits per heavy atom. The summed E-state index contributed by atoms with van der Waals surface area (Å²) < 4.78 is 1.96. The minimum Gasteiger partial charge on any atom is -0.478 e. The number of hydrogen-bond acceptors (Lipinski definition) is 2. The van der Waals surface area contributed by atoms with E-state index in [2.05, 4.69) is 4.98 Å². The summed E-state index contributed by atoms with van der Waals surface area (Å²) in [7, 11) is 0. The lowest BCUT2D eigenvalue weighted by Gasteiger charge is -2.12. The average Bonchev–Trinajstić information content (AvgIpc) is 2.74. The van der Waals surface area contributed by atoms with Gasteiger partial charge in [0.05, 0.1) is 16.8 Å². The Hall–Kier alpha value is -2.62. The van der Waals surface area contributed by atoms with Gasteiger partial charge in [-0.3, -0.25) is 4.98 Å². The molecule has 4 heteroatoms. The van der Waals surface area contributed by atoms with E-state index in [0.717, 1.165) is 33.7 Å². The van der Waals surface area contributed by atoms with Crippen molar-refractivity contribution in [2.24, 2.45) is 0 Å². The fourth-order valence-corrected chi connectivity index (χ4v) is 2.76. The zero-order valence-electron chi connectivity index (χ0n) is 12.2. The van der Waals surface area contributed by atoms with Crippen molar-refractivity contribution in [3.8, 4) is 5.69 Å². The molecule has 0 fully saturated rings. The number of carbonyl (C=O) groups is 1. The molecule has 4 nitrogen and oxygen atoms in total. The summed E-state index contributed by atoms with van der Waals surface area (Å²) in [5.41, 5.74) is 4.68. The zero-order valence-corrected chi connectivity index (χ0v) is 12.2. The number of carboxylic acid groups (broad SMARTS) is 1. The van der Waals surface area contributed by atoms with E-state index >= 15 is 0 Å². The van der Waals surface area contributed by atoms with Crippen molar-refractivity contribution in [1.82, 2.24) is 9.55 Å². The summed E-state index contributed by atoms with van der Waals surface area (Å²) in [5, 5.41) is 10.3. The molecule has 0 radical (unpaired) electrons. The van der Waals surface area contributed by atoms with Crippen LogP contribution in [0.3, 0.4) is 0 Å². The fourth-order valence-electron chi connectivity index (χ4n) is 2.76. The van der Waals surface area contributed by atoms with Crippen LogP contribution in [-0.4, -0.2) is 20.6 Å². The number of aryl methyl sites for hydroxylation is 2. The molecule has 0 saturated heterocycles. The van der Waals surface area contributed by atoms with Crippen LogP contribution in [0.2, 0.25) is 0 Å². The third-order valence-electron chi connectivity index (χ3n) is 3.74. The molecule has 0 aliphatic carbocycles. The van der Waals surface area contributed by atoms with Crippen molar-refractivity contribution in [3.63, 3.8) is 0 Å². The SMILES string of the molecule is Cc1ccc2cccc(-n3c(C)cc(C(=O)O)c3C)c2n1. The third kappa shape index (κ3) is 2.09. The number of pyridine rings is 1. The number of benzene rings is 1. The average molecular weight is 280 g/mol. The highest BCUT2D eigenvalue weighted by atomic mass is 16.4. The first-order valence-electron chi connectivity index (χ1n) is 6.78. The van der Waals surface area contributed by atoms with Gasteiger partial charge in [0.1, 0.15) is 0 Å². The number of aromatic carboxylic acids is 1. The summed E-state index contributed by atoms with van der Waals surface area (Å²) >= 11 is 0. The zero-order chi connectivity index (χ0) is 15.1. The standard InChI is InChI=1S/C17H16N2O2/c1-10-7-8-13-5-4-6-15(16(13)18-10)19-11(2)9-14(12(19)3)17(20)21/h4-9H,1-3H3,(H,20,21). The monoisotopic (exact) mass is 280 g/mol. The van der Waals surface area contributed by atoms with Crippen LogP contribution in [0.1, 0.15) is 27.4 Å². The molecule has 0 unspecified atom stereocenters. The van der Waals surface area contributed by atoms with Crippen molar-refractivity contribution in [2.75, 3.05) is 0 Å². The summed E-state index contributed by atoms with van der Waals surface area (Å²) in [5.74, 6) is -0.904. The second-order valence-electron chi connectivity index (χ2n) is 5.23. The predicted molar refractivity (Wildman–Crippen MR) is 82.2 cm³/mol. The Morgan fingerprint density at radius 3 is 2.57 bits per heavy atom. The van der Waals surface area contributed by atoms with E-state index in [1.165, 1.54) is 0 Å². The first-order valence-corrected chi connectivity index (χ1v) is 6.78. The molecule has 0 saturated carbocycles. The number of para-hydroxylation sites is 1. The lowest BCUT2D eigenvalue weighted by molar-refractivity contribution is 0.0696. The Bertz CT molecular complexity index is 863. The summed E-state index contributed by atoms with van der Waals surface area (Å²) in [4.78, 5) is 15.9. The predicted octanol–water partition coefficient (Wildman–Crippen LogP) is 3.65. The largest absolute Gasteiger partial charge is 0.478 e. The second-order valence-corrected chi connectivity index (χ2v) is 5.23. The number of nitrogens with zero attached hydrogens (tertiary/aromatic N) is 2. The third-order valence-corrected chi connectivity index (χ3v) is 3.74. The quantitative estimate of drug-likeness (QED) is 0.779. The van der Waals surface area contributed by atoms with Crippen molar-refractivity contribution in [1.29, 1.82) is 0 Å². The lowest BCUT2D eigenvalue weighted by Crippen LogP contribution is -2.04. The maximum atomic E-state index is 11.3. The second kappa shape index (κ2) is 4.74. The molecule has 3 aromatic rings. The van der Waals surface area contributed by atoms with Gasteiger partial charge in [-0.05, 0) is 39.0 Å². The van der Waals surface area contributed by atoms with Crippen molar-refractivity contribution >= 4 is 16.9 Å². The van der Waals surface area contributed by atoms with E-state index in [4.69, 9.17) is 0 Å². The molecule has 0 aliphatic heterocycles. The minimum absolute atomic E-state index is 0.331. The topological polar surface area (TPSA) is 55.1 Å². The molecule has 1 aromatic carbocycles. The van der Waals surface area contributed by atoms with Gasteiger partial charge in [-0.2, -0.15) is 0 Å². The first kappa shape index (κ1) is 13.4. The summed E-state index contributed by atoms with van der Waals surface area (Å²) in [6.07, 6.45) is 0. The van der Waals surface area contributed by atoms with Crippen molar-refractivity contribution < 1.29 is 9.90 Å². The van der Waals surface area contributed by atoms with Crippen molar-refractivity contribution in [3.05, 3.63) is 59.0 Å². The summed E-state index contributed by atoms with van der Waals surface area (Å²) in [6, 6.07) is 11.7. The molecule has 0 amide bonds. The molecule has 1 N–H and O–H groups in total. The van der Waals surface area contributed by atoms with Crippen LogP contribution in [0.25, 0.3) is 16.6 Å². The van der Waals surface area contributed by atoms with Gasteiger partial charge in [0, 0.05) is 22.5 Å². The van der Waals surface area contributed by atoms with E-state index in [1.807, 2.05) is 55.7 Å². The molecule has 2 aromatic heterocycles. The summed E-state index contributed by atoms with van der Waals surface area (Å²) in [6.45, 7) is 5.69. The maximum absolute atomic E-state index is 11.3. The lowest BCUT2D eigenvalue weighted by atomic mass is 10.1. The number of rotatable bonds is 2. The number of aromatic nitrogens is 2. The van der Waals surface area contributed by atoms with E-state index < -0.39 is 5.97 Å². The Morgan fingerprint density at radius 1 is 1.14 bits per heavy atom. The number of fused-ring (bicyclic) bond motifs is 1. The van der Waals surface area contributed by atoms with Gasteiger partial charge in [-0.15, -0.1) is 0 Å². The fraction of sp³-hybridized carbons (Fsp3) is 0.176. The molecule has 0 aliphatic rings. The van der Waals surface area contributed by atoms with Gasteiger partial charge in [-0.25, -0.2) is 4.79 Å². The van der Waals surface area contributed by atoms with Crippen LogP contribution in [-0.2, 0) is 0 Å². The Kier molecular flexibility index (Phi) is 3.01. The van der Waals surface area contributed by atoms with Gasteiger partial charge < -0.3 is 9.67 Å². The van der Waals surface area contributed by atoms with Crippen LogP contribution in [0.5, 0.6) is 0 Å². The molecule has 106 valence electrons. The van der Waals surface area contributed by atoms with Gasteiger partial charge >= 0.3 is 5.97 Å². The van der Waals surface area contributed by atoms with Crippen LogP contribution in [0.15, 0.2) is 36.4 Å². The minimum atomic E-state index is -0.904. The highest BCUT2D eigenvalue weighted by molar-refractivity contribution is 5.91. The van der Waals surface area contributed by atoms with Crippen molar-refractivity contribution in [2.45, 2.75) is 20.8 Å². The van der Waals surface area contributed by atoms with E-state index in [-0.39, 0.29) is 0 Å². The maximum Gasteiger partial charge on any atom is 0.337 e. The number of carboxylic acids is 1. The smallest absolute Gasteiger partial charge is 0.337 e. The van der Waals surface area contributed by atoms with Crippen LogP contribution >= 0.6 is 0 Å². The Balaban J connectivity index is 2.36. The normalized spacial score (nSPS) is 11.0. The van der Waals surface area contributed by atoms with E-state index in [1.54, 1.807) is 6.07 Å². The van der Waals surface area contributed by atoms with Crippen LogP contribution < -0.4 is 0 Å². The molecular weight excluding hydrogens is 264 g/mol. The molecule has 21 heavy (non-hydrogen) atoms. The number of hydrogen-bond donors (Lipinski definition) is 1. The molecular formula is C17H16N2O2. The van der Waals surface area contributed by atoms with Crippen LogP contribution in [0, 0.1) is 20.8 Å². The van der Waals surface area contributed by atoms with Gasteiger partial charge in [-0.1, -0.05) is 18.2 Å². The van der Waals surface area contributed by atoms with Gasteiger partial charge in [0.2, 0.25) is 0 Å². The van der Waals surface area contributed by atoms with E-state index in [9.17, 15) is 9.90 Å². The Labute approximate surface area is 122 Å². The molecule has 0 atom stereocenters. The van der Waals surface area contributed by atoms with Gasteiger partial charge in [0.15, 0.2) is 0 Å². The first-order chi connectivity index (χ1) is 9.99. The highest BCUT2D eigenvalue weighted by Crippen LogP contribution is 2.26.